The normalized spacial score (nSPS) is 12.4. The van der Waals surface area contributed by atoms with Crippen LogP contribution in [0.2, 0.25) is 0 Å². The molecule has 0 saturated heterocycles. The minimum Gasteiger partial charge on any atom is -0.548 e. The molecule has 1 atom stereocenters. The summed E-state index contributed by atoms with van der Waals surface area (Å²) in [6.45, 7) is 4.99. The van der Waals surface area contributed by atoms with Crippen molar-refractivity contribution in [3.05, 3.63) is 70.0 Å². The fourth-order valence-corrected chi connectivity index (χ4v) is 3.85. The summed E-state index contributed by atoms with van der Waals surface area (Å²) in [6.07, 6.45) is 1.21. The summed E-state index contributed by atoms with van der Waals surface area (Å²) in [6, 6.07) is 8.21. The van der Waals surface area contributed by atoms with E-state index in [2.05, 4.69) is 5.32 Å². The number of aryl methyl sites for hydroxylation is 1. The number of benzene rings is 2. The van der Waals surface area contributed by atoms with Crippen molar-refractivity contribution < 1.29 is 27.9 Å². The van der Waals surface area contributed by atoms with Crippen LogP contribution < -0.4 is 16.0 Å². The molecule has 2 heterocycles. The molecule has 0 aliphatic rings. The van der Waals surface area contributed by atoms with Crippen LogP contribution in [0, 0.1) is 18.7 Å². The molecule has 0 fully saturated rings. The summed E-state index contributed by atoms with van der Waals surface area (Å²) in [4.78, 5) is 36.3. The van der Waals surface area contributed by atoms with E-state index in [1.165, 1.54) is 12.1 Å². The van der Waals surface area contributed by atoms with Crippen LogP contribution in [0.1, 0.15) is 25.0 Å². The number of furan rings is 1. The van der Waals surface area contributed by atoms with Gasteiger partial charge in [-0.2, -0.15) is 0 Å². The minimum atomic E-state index is -1.39. The Morgan fingerprint density at radius 1 is 1.09 bits per heavy atom. The van der Waals surface area contributed by atoms with Crippen LogP contribution in [0.5, 0.6) is 0 Å². The Bertz CT molecular complexity index is 1430. The van der Waals surface area contributed by atoms with Crippen LogP contribution >= 0.6 is 0 Å². The minimum absolute atomic E-state index is 0.132. The lowest BCUT2D eigenvalue weighted by Gasteiger charge is -2.23. The maximum Gasteiger partial charge on any atom is 0.340 e. The van der Waals surface area contributed by atoms with Gasteiger partial charge in [-0.05, 0) is 42.2 Å². The zero-order chi connectivity index (χ0) is 23.9. The maximum atomic E-state index is 13.3. The molecule has 33 heavy (non-hydrogen) atoms. The average molecular weight is 450 g/mol. The van der Waals surface area contributed by atoms with E-state index in [0.29, 0.717) is 22.1 Å². The predicted molar refractivity (Wildman–Crippen MR) is 118 cm³/mol. The smallest absolute Gasteiger partial charge is 0.340 e. The van der Waals surface area contributed by atoms with Gasteiger partial charge in [0, 0.05) is 22.4 Å². The predicted octanol–water partition coefficient (Wildman–Crippen LogP) is 3.09. The standard InChI is InChI=1S/C25H22FNO6/c1-12(2)23(24(29)30)27-22(28)9-17-13(3)16-8-18-19(14-4-6-15(26)7-5-14)11-32-20(18)10-21(16)33-25(17)31/h4-8,10-12,23H,9H2,1-3H3,(H,27,28)(H,29,30)/p-1/t23-/m0/s1. The number of hydrogen-bond donors (Lipinski definition) is 1. The summed E-state index contributed by atoms with van der Waals surface area (Å²) < 4.78 is 24.4. The van der Waals surface area contributed by atoms with Gasteiger partial charge in [0.05, 0.1) is 30.3 Å². The Kier molecular flexibility index (Phi) is 5.76. The molecule has 4 rings (SSSR count). The number of carbonyl (C=O) groups excluding carboxylic acids is 2. The molecule has 4 aromatic rings. The third-order valence-electron chi connectivity index (χ3n) is 5.71. The molecule has 7 nitrogen and oxygen atoms in total. The van der Waals surface area contributed by atoms with Gasteiger partial charge in [0.25, 0.3) is 0 Å². The van der Waals surface area contributed by atoms with Gasteiger partial charge < -0.3 is 24.1 Å². The van der Waals surface area contributed by atoms with E-state index in [9.17, 15) is 23.9 Å². The van der Waals surface area contributed by atoms with E-state index < -0.39 is 23.5 Å². The van der Waals surface area contributed by atoms with Crippen LogP contribution in [0.15, 0.2) is 56.3 Å². The van der Waals surface area contributed by atoms with Crippen molar-refractivity contribution in [2.24, 2.45) is 5.92 Å². The van der Waals surface area contributed by atoms with Gasteiger partial charge in [0.2, 0.25) is 5.91 Å². The largest absolute Gasteiger partial charge is 0.548 e. The fourth-order valence-electron chi connectivity index (χ4n) is 3.85. The Labute approximate surface area is 187 Å². The number of aliphatic carboxylic acids is 1. The van der Waals surface area contributed by atoms with Gasteiger partial charge in [0.1, 0.15) is 17.0 Å². The quantitative estimate of drug-likeness (QED) is 0.452. The molecule has 0 radical (unpaired) electrons. The maximum absolute atomic E-state index is 13.3. The third-order valence-corrected chi connectivity index (χ3v) is 5.71. The summed E-state index contributed by atoms with van der Waals surface area (Å²) in [5.74, 6) is -2.75. The van der Waals surface area contributed by atoms with Gasteiger partial charge in [-0.15, -0.1) is 0 Å². The molecular weight excluding hydrogens is 429 g/mol. The molecule has 0 spiro atoms. The van der Waals surface area contributed by atoms with Gasteiger partial charge in [-0.1, -0.05) is 26.0 Å². The van der Waals surface area contributed by atoms with Crippen molar-refractivity contribution in [3.63, 3.8) is 0 Å². The number of carboxylic acid groups (broad SMARTS) is 1. The highest BCUT2D eigenvalue weighted by molar-refractivity contribution is 6.02. The fraction of sp³-hybridized carbons (Fsp3) is 0.240. The van der Waals surface area contributed by atoms with Gasteiger partial charge >= 0.3 is 5.63 Å². The van der Waals surface area contributed by atoms with E-state index in [4.69, 9.17) is 8.83 Å². The van der Waals surface area contributed by atoms with E-state index in [0.717, 1.165) is 16.5 Å². The first-order valence-corrected chi connectivity index (χ1v) is 10.4. The highest BCUT2D eigenvalue weighted by atomic mass is 19.1. The second-order valence-electron chi connectivity index (χ2n) is 8.28. The third kappa shape index (κ3) is 4.24. The van der Waals surface area contributed by atoms with Crippen molar-refractivity contribution >= 4 is 33.8 Å². The molecule has 0 unspecified atom stereocenters. The van der Waals surface area contributed by atoms with Crippen molar-refractivity contribution in [3.8, 4) is 11.1 Å². The van der Waals surface area contributed by atoms with E-state index in [1.807, 2.05) is 0 Å². The van der Waals surface area contributed by atoms with Crippen molar-refractivity contribution in [1.82, 2.24) is 5.32 Å². The summed E-state index contributed by atoms with van der Waals surface area (Å²) in [7, 11) is 0. The van der Waals surface area contributed by atoms with Gasteiger partial charge in [0.15, 0.2) is 0 Å². The molecule has 0 aliphatic heterocycles. The van der Waals surface area contributed by atoms with Crippen molar-refractivity contribution in [2.75, 3.05) is 0 Å². The zero-order valence-electron chi connectivity index (χ0n) is 18.2. The highest BCUT2D eigenvalue weighted by Gasteiger charge is 2.21. The second kappa shape index (κ2) is 8.54. The number of hydrogen-bond acceptors (Lipinski definition) is 6. The Hall–Kier alpha value is -3.94. The summed E-state index contributed by atoms with van der Waals surface area (Å²) in [5.41, 5.74) is 2.27. The van der Waals surface area contributed by atoms with E-state index in [1.54, 1.807) is 51.3 Å². The monoisotopic (exact) mass is 450 g/mol. The van der Waals surface area contributed by atoms with Gasteiger partial charge in [-0.25, -0.2) is 9.18 Å². The van der Waals surface area contributed by atoms with Crippen LogP contribution in [-0.4, -0.2) is 17.9 Å². The van der Waals surface area contributed by atoms with Crippen molar-refractivity contribution in [2.45, 2.75) is 33.2 Å². The first kappa shape index (κ1) is 22.3. The first-order valence-electron chi connectivity index (χ1n) is 10.4. The molecule has 1 N–H and O–H groups in total. The summed E-state index contributed by atoms with van der Waals surface area (Å²) >= 11 is 0. The SMILES string of the molecule is Cc1c(CC(=O)N[C@H](C(=O)[O-])C(C)C)c(=O)oc2cc3occ(-c4ccc(F)cc4)c3cc12. The van der Waals surface area contributed by atoms with Crippen LogP contribution in [0.3, 0.4) is 0 Å². The lowest BCUT2D eigenvalue weighted by atomic mass is 9.99. The zero-order valence-corrected chi connectivity index (χ0v) is 18.2. The lowest BCUT2D eigenvalue weighted by molar-refractivity contribution is -0.309. The Morgan fingerprint density at radius 3 is 2.42 bits per heavy atom. The number of nitrogens with one attached hydrogen (secondary N) is 1. The topological polar surface area (TPSA) is 113 Å². The van der Waals surface area contributed by atoms with Crippen LogP contribution in [0.25, 0.3) is 33.1 Å². The van der Waals surface area contributed by atoms with Crippen molar-refractivity contribution in [1.29, 1.82) is 0 Å². The number of halogens is 1. The first-order chi connectivity index (χ1) is 15.7. The van der Waals surface area contributed by atoms with E-state index in [-0.39, 0.29) is 23.7 Å². The van der Waals surface area contributed by atoms with Crippen LogP contribution in [-0.2, 0) is 16.0 Å². The molecule has 0 saturated carbocycles. The van der Waals surface area contributed by atoms with Gasteiger partial charge in [-0.3, -0.25) is 4.79 Å². The number of carbonyl (C=O) groups is 2. The average Bonchev–Trinajstić information content (AvgIpc) is 3.16. The molecular formula is C25H21FNO6-. The number of fused-ring (bicyclic) bond motifs is 2. The summed E-state index contributed by atoms with van der Waals surface area (Å²) in [5, 5.41) is 15.0. The van der Waals surface area contributed by atoms with E-state index >= 15 is 0 Å². The number of rotatable bonds is 6. The highest BCUT2D eigenvalue weighted by Crippen LogP contribution is 2.34. The Balaban J connectivity index is 1.76. The Morgan fingerprint density at radius 2 is 1.79 bits per heavy atom. The molecule has 170 valence electrons. The molecule has 2 aromatic carbocycles. The molecule has 0 bridgehead atoms. The molecule has 2 aromatic heterocycles. The molecule has 0 aliphatic carbocycles. The number of carboxylic acids is 1. The molecule has 8 heteroatoms. The second-order valence-corrected chi connectivity index (χ2v) is 8.28. The van der Waals surface area contributed by atoms with Crippen LogP contribution in [0.4, 0.5) is 4.39 Å². The molecule has 1 amide bonds. The number of amides is 1. The lowest BCUT2D eigenvalue weighted by Crippen LogP contribution is -2.51.